The summed E-state index contributed by atoms with van der Waals surface area (Å²) in [5.41, 5.74) is 7.71. The molecule has 10 aromatic heterocycles. The molecule has 5 nitrogen and oxygen atoms in total. The number of hydrogen-bond donors (Lipinski definition) is 0. The number of furan rings is 5. The van der Waals surface area contributed by atoms with Gasteiger partial charge in [0.1, 0.15) is 28.8 Å². The van der Waals surface area contributed by atoms with Crippen molar-refractivity contribution in [3.05, 3.63) is 230 Å². The van der Waals surface area contributed by atoms with Gasteiger partial charge in [-0.1, -0.05) is 6.07 Å². The number of aryl methyl sites for hydroxylation is 16. The SMILES string of the molecule is Cc1ccc(C)o1.Cc1ccc(C)s1.Cc1ccco1.Cc1cccs1.Cc1ccoc1.Cc1ccsc1.Cc1ccsc1C.Cc1coc(C)c1.Cc1coc(C)c1.Cc1csc(C)c1. The van der Waals surface area contributed by atoms with Crippen LogP contribution in [0.5, 0.6) is 0 Å². The van der Waals surface area contributed by atoms with Crippen LogP contribution in [0.2, 0.25) is 0 Å². The minimum Gasteiger partial charge on any atom is -0.472 e. The summed E-state index contributed by atoms with van der Waals surface area (Å²) in [4.78, 5) is 7.02. The predicted molar refractivity (Wildman–Crippen MR) is 291 cm³/mol. The minimum atomic E-state index is 0.968. The highest BCUT2D eigenvalue weighted by Crippen LogP contribution is 2.13. The van der Waals surface area contributed by atoms with E-state index >= 15 is 0 Å². The first-order valence-corrected chi connectivity index (χ1v) is 25.8. The Morgan fingerprint density at radius 2 is 0.985 bits per heavy atom. The van der Waals surface area contributed by atoms with Crippen molar-refractivity contribution in [3.63, 3.8) is 0 Å². The topological polar surface area (TPSA) is 65.7 Å². The van der Waals surface area contributed by atoms with Gasteiger partial charge in [-0.05, 0) is 250 Å². The standard InChI is InChI=1S/3C6H8O.3C6H8S.2C5H6O.2C5H6S/c2*1-5-3-6(2)7-4-5;1-5-3-4-6(2)7-5;1-5-3-6(2)7-4-5;1-5-3-4-7-6(5)2;1-5-3-4-6(2)7-5;1-5-2-3-6-4-5;1-5-3-2-4-6-5;1-5-2-3-6-4-5;1-5-3-2-4-6-5/h6*3-4H,1-2H3;4*2-4H,1H3. The van der Waals surface area contributed by atoms with Crippen molar-refractivity contribution in [1.29, 1.82) is 0 Å². The first-order chi connectivity index (χ1) is 31.3. The highest BCUT2D eigenvalue weighted by Gasteiger charge is 1.89. The molecule has 0 amide bonds. The van der Waals surface area contributed by atoms with E-state index in [4.69, 9.17) is 22.1 Å². The molecule has 0 aromatic carbocycles. The van der Waals surface area contributed by atoms with Crippen LogP contribution in [0.3, 0.4) is 0 Å². The maximum Gasteiger partial charge on any atom is 0.101 e. The van der Waals surface area contributed by atoms with E-state index in [0.717, 1.165) is 28.8 Å². The lowest BCUT2D eigenvalue weighted by Gasteiger charge is -1.79. The van der Waals surface area contributed by atoms with Crippen molar-refractivity contribution in [1.82, 2.24) is 0 Å². The summed E-state index contributed by atoms with van der Waals surface area (Å²) >= 11 is 8.97. The Kier molecular flexibility index (Phi) is 31.4. The Morgan fingerprint density at radius 3 is 1.12 bits per heavy atom. The summed E-state index contributed by atoms with van der Waals surface area (Å²) in [6.07, 6.45) is 8.52. The normalized spacial score (nSPS) is 9.21. The second kappa shape index (κ2) is 35.1. The lowest BCUT2D eigenvalue weighted by atomic mass is 10.3. The monoisotopic (exact) mass is 984 g/mol. The molecule has 0 spiro atoms. The van der Waals surface area contributed by atoms with E-state index in [9.17, 15) is 0 Å². The second-order valence-electron chi connectivity index (χ2n) is 15.2. The van der Waals surface area contributed by atoms with Crippen molar-refractivity contribution < 1.29 is 22.1 Å². The van der Waals surface area contributed by atoms with E-state index in [1.807, 2.05) is 109 Å². The first kappa shape index (κ1) is 58.9. The molecule has 0 unspecified atom stereocenters. The number of thiophene rings is 5. The van der Waals surface area contributed by atoms with Crippen molar-refractivity contribution in [2.75, 3.05) is 0 Å². The van der Waals surface area contributed by atoms with Crippen molar-refractivity contribution in [2.24, 2.45) is 0 Å². The molecule has 10 rings (SSSR count). The van der Waals surface area contributed by atoms with Gasteiger partial charge in [0.25, 0.3) is 0 Å². The van der Waals surface area contributed by atoms with Crippen LogP contribution in [-0.2, 0) is 0 Å². The second-order valence-corrected chi connectivity index (χ2v) is 20.9. The molecule has 356 valence electrons. The van der Waals surface area contributed by atoms with Crippen LogP contribution in [0.25, 0.3) is 0 Å². The summed E-state index contributed by atoms with van der Waals surface area (Å²) in [7, 11) is 0. The van der Waals surface area contributed by atoms with Crippen LogP contribution in [-0.4, -0.2) is 0 Å². The van der Waals surface area contributed by atoms with Crippen LogP contribution in [0.4, 0.5) is 0 Å². The van der Waals surface area contributed by atoms with Crippen molar-refractivity contribution in [2.45, 2.75) is 111 Å². The zero-order chi connectivity index (χ0) is 49.3. The average molecular weight is 986 g/mol. The molecule has 10 heterocycles. The fourth-order valence-electron chi connectivity index (χ4n) is 4.67. The third kappa shape index (κ3) is 32.5. The molecule has 0 fully saturated rings. The van der Waals surface area contributed by atoms with E-state index in [2.05, 4.69) is 125 Å². The van der Waals surface area contributed by atoms with Gasteiger partial charge in [-0.25, -0.2) is 0 Å². The van der Waals surface area contributed by atoms with Gasteiger partial charge >= 0.3 is 0 Å². The lowest BCUT2D eigenvalue weighted by molar-refractivity contribution is 0.504. The maximum absolute atomic E-state index is 5.08. The Morgan fingerprint density at radius 1 is 0.364 bits per heavy atom. The molecule has 0 N–H and O–H groups in total. The van der Waals surface area contributed by atoms with Crippen LogP contribution < -0.4 is 0 Å². The van der Waals surface area contributed by atoms with Gasteiger partial charge in [-0.3, -0.25) is 0 Å². The molecular formula is C56H72O5S5. The van der Waals surface area contributed by atoms with Crippen LogP contribution in [0, 0.1) is 111 Å². The molecule has 0 aliphatic rings. The van der Waals surface area contributed by atoms with Crippen LogP contribution in [0.1, 0.15) is 86.6 Å². The highest BCUT2D eigenvalue weighted by molar-refractivity contribution is 7.12. The smallest absolute Gasteiger partial charge is 0.101 e. The summed E-state index contributed by atoms with van der Waals surface area (Å²) in [6, 6.07) is 28.5. The quantitative estimate of drug-likeness (QED) is 0.151. The predicted octanol–water partition coefficient (Wildman–Crippen LogP) is 20.1. The van der Waals surface area contributed by atoms with Crippen molar-refractivity contribution in [3.8, 4) is 0 Å². The Labute approximate surface area is 416 Å². The third-order valence-electron chi connectivity index (χ3n) is 8.11. The van der Waals surface area contributed by atoms with E-state index in [1.54, 1.807) is 76.7 Å². The van der Waals surface area contributed by atoms with Gasteiger partial charge in [0.15, 0.2) is 0 Å². The van der Waals surface area contributed by atoms with E-state index in [0.29, 0.717) is 0 Å². The Hall–Kier alpha value is -5.10. The van der Waals surface area contributed by atoms with E-state index < -0.39 is 0 Å². The molecular weight excluding hydrogens is 913 g/mol. The summed E-state index contributed by atoms with van der Waals surface area (Å²) in [6.45, 7) is 32.6. The summed E-state index contributed by atoms with van der Waals surface area (Å²) in [5, 5.41) is 10.6. The third-order valence-corrected chi connectivity index (χ3v) is 12.6. The van der Waals surface area contributed by atoms with Crippen LogP contribution in [0.15, 0.2) is 165 Å². The van der Waals surface area contributed by atoms with Gasteiger partial charge in [0.05, 0.1) is 31.3 Å². The first-order valence-electron chi connectivity index (χ1n) is 21.4. The highest BCUT2D eigenvalue weighted by atomic mass is 32.1. The lowest BCUT2D eigenvalue weighted by Crippen LogP contribution is -1.61. The van der Waals surface area contributed by atoms with Gasteiger partial charge < -0.3 is 22.1 Å². The van der Waals surface area contributed by atoms with E-state index in [1.165, 1.54) is 57.8 Å². The minimum absolute atomic E-state index is 0.968. The average Bonchev–Trinajstić information content (AvgIpc) is 4.07. The summed E-state index contributed by atoms with van der Waals surface area (Å²) < 4.78 is 24.6. The van der Waals surface area contributed by atoms with Gasteiger partial charge in [-0.2, -0.15) is 11.3 Å². The molecule has 0 saturated heterocycles. The molecule has 0 aliphatic carbocycles. The van der Waals surface area contributed by atoms with Gasteiger partial charge in [-0.15, -0.1) is 45.3 Å². The largest absolute Gasteiger partial charge is 0.472 e. The number of hydrogen-bond acceptors (Lipinski definition) is 10. The zero-order valence-corrected chi connectivity index (χ0v) is 46.0. The van der Waals surface area contributed by atoms with Gasteiger partial charge in [0.2, 0.25) is 0 Å². The molecule has 0 aliphatic heterocycles. The molecule has 0 atom stereocenters. The Bertz CT molecular complexity index is 2100. The fraction of sp³-hybridized carbons (Fsp3) is 0.286. The molecule has 0 radical (unpaired) electrons. The van der Waals surface area contributed by atoms with E-state index in [-0.39, 0.29) is 0 Å². The van der Waals surface area contributed by atoms with Gasteiger partial charge in [0, 0.05) is 24.4 Å². The van der Waals surface area contributed by atoms with Crippen LogP contribution >= 0.6 is 56.7 Å². The molecule has 0 bridgehead atoms. The number of rotatable bonds is 0. The summed E-state index contributed by atoms with van der Waals surface area (Å²) in [5.74, 6) is 4.90. The van der Waals surface area contributed by atoms with Crippen molar-refractivity contribution >= 4 is 56.7 Å². The molecule has 10 aromatic rings. The Balaban J connectivity index is 0.000000367. The fourth-order valence-corrected chi connectivity index (χ4v) is 8.07. The maximum atomic E-state index is 5.08. The molecule has 10 heteroatoms. The zero-order valence-electron chi connectivity index (χ0n) is 41.9. The molecule has 0 saturated carbocycles. The molecule has 66 heavy (non-hydrogen) atoms.